The number of nitrogens with zero attached hydrogens (tertiary/aromatic N) is 1. The van der Waals surface area contributed by atoms with Crippen LogP contribution in [0, 0.1) is 11.3 Å². The third-order valence-corrected chi connectivity index (χ3v) is 4.23. The maximum absolute atomic E-state index is 11.3. The average Bonchev–Trinajstić information content (AvgIpc) is 2.80. The summed E-state index contributed by atoms with van der Waals surface area (Å²) in [5, 5.41) is 0. The molecule has 2 nitrogen and oxygen atoms in total. The zero-order chi connectivity index (χ0) is 11.9. The molecule has 0 unspecified atom stereocenters. The Labute approximate surface area is 103 Å². The van der Waals surface area contributed by atoms with Crippen LogP contribution in [0.15, 0.2) is 30.3 Å². The van der Waals surface area contributed by atoms with E-state index >= 15 is 0 Å². The van der Waals surface area contributed by atoms with Crippen LogP contribution in [0.3, 0.4) is 0 Å². The van der Waals surface area contributed by atoms with Crippen molar-refractivity contribution in [2.24, 2.45) is 11.3 Å². The van der Waals surface area contributed by atoms with Crippen LogP contribution in [-0.2, 0) is 11.3 Å². The normalized spacial score (nSPS) is 31.2. The number of rotatable bonds is 4. The molecule has 2 heteroatoms. The zero-order valence-electron chi connectivity index (χ0n) is 10.4. The van der Waals surface area contributed by atoms with E-state index in [0.717, 1.165) is 25.4 Å². The summed E-state index contributed by atoms with van der Waals surface area (Å²) < 4.78 is 0. The molecule has 0 aromatic heterocycles. The molecule has 1 aliphatic heterocycles. The lowest BCUT2D eigenvalue weighted by atomic mass is 9.99. The molecule has 0 bridgehead atoms. The van der Waals surface area contributed by atoms with Gasteiger partial charge in [-0.1, -0.05) is 30.3 Å². The second kappa shape index (κ2) is 3.95. The molecule has 2 fully saturated rings. The highest BCUT2D eigenvalue weighted by molar-refractivity contribution is 5.77. The lowest BCUT2D eigenvalue weighted by Crippen LogP contribution is -2.25. The van der Waals surface area contributed by atoms with Crippen LogP contribution >= 0.6 is 0 Å². The van der Waals surface area contributed by atoms with E-state index in [1.807, 2.05) is 0 Å². The molecule has 3 rings (SSSR count). The topological polar surface area (TPSA) is 20.3 Å². The lowest BCUT2D eigenvalue weighted by molar-refractivity contribution is -0.118. The van der Waals surface area contributed by atoms with Gasteiger partial charge >= 0.3 is 0 Å². The van der Waals surface area contributed by atoms with E-state index in [2.05, 4.69) is 35.2 Å². The number of ketones is 1. The van der Waals surface area contributed by atoms with Gasteiger partial charge in [-0.3, -0.25) is 4.90 Å². The summed E-state index contributed by atoms with van der Waals surface area (Å²) in [6, 6.07) is 10.6. The van der Waals surface area contributed by atoms with Gasteiger partial charge in [-0.2, -0.15) is 0 Å². The Morgan fingerprint density at radius 2 is 2.18 bits per heavy atom. The summed E-state index contributed by atoms with van der Waals surface area (Å²) in [5.41, 5.74) is 1.74. The Morgan fingerprint density at radius 3 is 2.88 bits per heavy atom. The smallest absolute Gasteiger partial charge is 0.130 e. The molecule has 2 aliphatic rings. The van der Waals surface area contributed by atoms with Crippen molar-refractivity contribution in [2.45, 2.75) is 26.3 Å². The van der Waals surface area contributed by atoms with Gasteiger partial charge in [-0.15, -0.1) is 0 Å². The molecule has 1 aromatic rings. The first kappa shape index (κ1) is 11.0. The van der Waals surface area contributed by atoms with E-state index in [0.29, 0.717) is 11.2 Å². The van der Waals surface area contributed by atoms with Crippen LogP contribution in [0.5, 0.6) is 0 Å². The van der Waals surface area contributed by atoms with Gasteiger partial charge in [0, 0.05) is 26.1 Å². The van der Waals surface area contributed by atoms with Crippen molar-refractivity contribution in [3.8, 4) is 0 Å². The maximum Gasteiger partial charge on any atom is 0.130 e. The van der Waals surface area contributed by atoms with Crippen LogP contribution in [0.2, 0.25) is 0 Å². The van der Waals surface area contributed by atoms with Crippen LogP contribution in [0.4, 0.5) is 0 Å². The Bertz CT molecular complexity index is 428. The quantitative estimate of drug-likeness (QED) is 0.790. The molecule has 1 heterocycles. The van der Waals surface area contributed by atoms with Crippen molar-refractivity contribution >= 4 is 5.78 Å². The maximum atomic E-state index is 11.3. The van der Waals surface area contributed by atoms with Crippen molar-refractivity contribution < 1.29 is 4.79 Å². The van der Waals surface area contributed by atoms with Gasteiger partial charge in [0.2, 0.25) is 0 Å². The lowest BCUT2D eigenvalue weighted by Gasteiger charge is -2.20. The van der Waals surface area contributed by atoms with Crippen LogP contribution < -0.4 is 0 Å². The molecular formula is C15H19NO. The number of carbonyl (C=O) groups is 1. The second-order valence-electron chi connectivity index (χ2n) is 5.80. The minimum absolute atomic E-state index is 0.356. The Kier molecular flexibility index (Phi) is 2.55. The largest absolute Gasteiger partial charge is 0.300 e. The summed E-state index contributed by atoms with van der Waals surface area (Å²) in [6.07, 6.45) is 2.07. The van der Waals surface area contributed by atoms with Gasteiger partial charge in [-0.25, -0.2) is 0 Å². The number of carbonyl (C=O) groups excluding carboxylic acids is 1. The standard InChI is InChI=1S/C15H19NO/c1-12(17)7-15-8-14(15)10-16(11-15)9-13-5-3-2-4-6-13/h2-6,14H,7-11H2,1H3/t14-,15+/m0/s1. The van der Waals surface area contributed by atoms with Gasteiger partial charge in [-0.05, 0) is 30.2 Å². The number of hydrogen-bond acceptors (Lipinski definition) is 2. The van der Waals surface area contributed by atoms with E-state index in [-0.39, 0.29) is 0 Å². The molecule has 2 atom stereocenters. The Morgan fingerprint density at radius 1 is 1.41 bits per heavy atom. The predicted octanol–water partition coefficient (Wildman–Crippen LogP) is 2.49. The second-order valence-corrected chi connectivity index (χ2v) is 5.80. The number of likely N-dealkylation sites (tertiary alicyclic amines) is 1. The van der Waals surface area contributed by atoms with Gasteiger partial charge in [0.05, 0.1) is 0 Å². The highest BCUT2D eigenvalue weighted by atomic mass is 16.1. The molecule has 17 heavy (non-hydrogen) atoms. The summed E-state index contributed by atoms with van der Waals surface area (Å²) in [7, 11) is 0. The number of piperidine rings is 1. The minimum Gasteiger partial charge on any atom is -0.300 e. The van der Waals surface area contributed by atoms with Crippen molar-refractivity contribution in [2.75, 3.05) is 13.1 Å². The average molecular weight is 229 g/mol. The summed E-state index contributed by atoms with van der Waals surface area (Å²) in [4.78, 5) is 13.8. The first-order valence-electron chi connectivity index (χ1n) is 6.44. The van der Waals surface area contributed by atoms with Crippen LogP contribution in [-0.4, -0.2) is 23.8 Å². The third kappa shape index (κ3) is 2.14. The number of benzene rings is 1. The molecule has 1 saturated heterocycles. The molecule has 0 spiro atoms. The van der Waals surface area contributed by atoms with Gasteiger partial charge < -0.3 is 4.79 Å². The third-order valence-electron chi connectivity index (χ3n) is 4.23. The highest BCUT2D eigenvalue weighted by Gasteiger charge is 2.59. The molecule has 1 saturated carbocycles. The van der Waals surface area contributed by atoms with Gasteiger partial charge in [0.15, 0.2) is 0 Å². The molecule has 0 amide bonds. The van der Waals surface area contributed by atoms with Gasteiger partial charge in [0.25, 0.3) is 0 Å². The van der Waals surface area contributed by atoms with E-state index < -0.39 is 0 Å². The molecular weight excluding hydrogens is 210 g/mol. The van der Waals surface area contributed by atoms with E-state index in [4.69, 9.17) is 0 Å². The fourth-order valence-electron chi connectivity index (χ4n) is 3.44. The fraction of sp³-hybridized carbons (Fsp3) is 0.533. The summed E-state index contributed by atoms with van der Waals surface area (Å²) in [6.45, 7) is 5.06. The van der Waals surface area contributed by atoms with Crippen LogP contribution in [0.1, 0.15) is 25.3 Å². The molecule has 1 aromatic carbocycles. The van der Waals surface area contributed by atoms with Crippen molar-refractivity contribution in [1.29, 1.82) is 0 Å². The first-order chi connectivity index (χ1) is 8.18. The molecule has 0 N–H and O–H groups in total. The highest BCUT2D eigenvalue weighted by Crippen LogP contribution is 2.60. The first-order valence-corrected chi connectivity index (χ1v) is 6.44. The Balaban J connectivity index is 1.61. The van der Waals surface area contributed by atoms with Crippen molar-refractivity contribution in [3.63, 3.8) is 0 Å². The molecule has 0 radical (unpaired) electrons. The van der Waals surface area contributed by atoms with Crippen LogP contribution in [0.25, 0.3) is 0 Å². The zero-order valence-corrected chi connectivity index (χ0v) is 10.4. The SMILES string of the molecule is CC(=O)C[C@]12C[C@H]1CN(Cc1ccccc1)C2. The number of hydrogen-bond donors (Lipinski definition) is 0. The number of fused-ring (bicyclic) bond motifs is 1. The molecule has 90 valence electrons. The molecule has 1 aliphatic carbocycles. The monoisotopic (exact) mass is 229 g/mol. The minimum atomic E-state index is 0.356. The van der Waals surface area contributed by atoms with Gasteiger partial charge in [0.1, 0.15) is 5.78 Å². The Hall–Kier alpha value is -1.15. The summed E-state index contributed by atoms with van der Waals surface area (Å²) in [5.74, 6) is 1.14. The summed E-state index contributed by atoms with van der Waals surface area (Å²) >= 11 is 0. The predicted molar refractivity (Wildman–Crippen MR) is 67.6 cm³/mol. The number of Topliss-reactive ketones (excluding diaryl/α,β-unsaturated/α-hetero) is 1. The van der Waals surface area contributed by atoms with Crippen molar-refractivity contribution in [1.82, 2.24) is 4.90 Å². The van der Waals surface area contributed by atoms with Crippen molar-refractivity contribution in [3.05, 3.63) is 35.9 Å². The fourth-order valence-corrected chi connectivity index (χ4v) is 3.44. The van der Waals surface area contributed by atoms with E-state index in [1.54, 1.807) is 6.92 Å². The van der Waals surface area contributed by atoms with E-state index in [1.165, 1.54) is 18.5 Å². The van der Waals surface area contributed by atoms with E-state index in [9.17, 15) is 4.79 Å².